The van der Waals surface area contributed by atoms with Crippen LogP contribution < -0.4 is 11.2 Å². The third-order valence-electron chi connectivity index (χ3n) is 5.54. The minimum atomic E-state index is -6.01. The van der Waals surface area contributed by atoms with E-state index in [0.717, 1.165) is 12.3 Å². The monoisotopic (exact) mass is 612 g/mol. The molecule has 6 unspecified atom stereocenters. The lowest BCUT2D eigenvalue weighted by Gasteiger charge is -2.49. The zero-order valence-corrected chi connectivity index (χ0v) is 21.3. The summed E-state index contributed by atoms with van der Waals surface area (Å²) in [5.41, 5.74) is -2.00. The maximum atomic E-state index is 12.7. The normalized spacial score (nSPS) is 40.2. The molecule has 0 spiro atoms. The summed E-state index contributed by atoms with van der Waals surface area (Å²) in [6.07, 6.45) is -12.0. The summed E-state index contributed by atoms with van der Waals surface area (Å²) in [6.45, 7) is -0.380. The molecule has 0 aliphatic carbocycles. The third kappa shape index (κ3) is 6.10. The first kappa shape index (κ1) is 32.1. The Hall–Kier alpha value is -1.46. The minimum Gasteiger partial charge on any atom is -0.394 e. The lowest BCUT2D eigenvalue weighted by atomic mass is 9.94. The first-order valence-corrected chi connectivity index (χ1v) is 13.9. The number of ether oxygens (including phenoxy) is 3. The van der Waals surface area contributed by atoms with Gasteiger partial charge in [0.1, 0.15) is 30.5 Å². The van der Waals surface area contributed by atoms with E-state index in [9.17, 15) is 64.3 Å². The van der Waals surface area contributed by atoms with Gasteiger partial charge in [0.2, 0.25) is 0 Å². The Kier molecular flexibility index (Phi) is 9.40. The van der Waals surface area contributed by atoms with Crippen molar-refractivity contribution in [2.45, 2.75) is 61.3 Å². The number of hydrogen-bond donors (Lipinski definition) is 10. The van der Waals surface area contributed by atoms with Gasteiger partial charge >= 0.3 is 27.1 Å². The number of rotatable bonds is 10. The largest absolute Gasteiger partial charge is 0.507 e. The van der Waals surface area contributed by atoms with Gasteiger partial charge in [-0.1, -0.05) is 0 Å². The smallest absolute Gasteiger partial charge is 0.394 e. The van der Waals surface area contributed by atoms with Crippen molar-refractivity contribution in [2.75, 3.05) is 13.2 Å². The maximum Gasteiger partial charge on any atom is 0.507 e. The minimum absolute atomic E-state index is 0.503. The highest BCUT2D eigenvalue weighted by Gasteiger charge is 2.68. The van der Waals surface area contributed by atoms with Gasteiger partial charge < -0.3 is 59.7 Å². The molecule has 1 aromatic rings. The molecule has 39 heavy (non-hydrogen) atoms. The van der Waals surface area contributed by atoms with Gasteiger partial charge in [0.15, 0.2) is 12.1 Å². The van der Waals surface area contributed by atoms with Crippen molar-refractivity contribution in [1.29, 1.82) is 0 Å². The molecule has 0 aromatic carbocycles. The van der Waals surface area contributed by atoms with Gasteiger partial charge in [-0.3, -0.25) is 18.9 Å². The van der Waals surface area contributed by atoms with Gasteiger partial charge in [-0.05, 0) is 6.92 Å². The maximum absolute atomic E-state index is 12.7. The number of aliphatic hydroxyl groups excluding tert-OH is 5. The van der Waals surface area contributed by atoms with Crippen molar-refractivity contribution in [2.24, 2.45) is 0 Å². The number of H-pyrrole nitrogens is 1. The van der Waals surface area contributed by atoms with Crippen LogP contribution in [0.5, 0.6) is 0 Å². The average Bonchev–Trinajstić information content (AvgIpc) is 3.14. The van der Waals surface area contributed by atoms with E-state index in [2.05, 4.69) is 13.9 Å². The molecule has 2 aliphatic rings. The number of hydrogen-bond acceptors (Lipinski definition) is 17. The Balaban J connectivity index is 1.79. The molecule has 2 saturated heterocycles. The number of aromatic nitrogens is 2. The number of aliphatic hydroxyl groups is 7. The van der Waals surface area contributed by atoms with Gasteiger partial charge in [-0.15, -0.1) is 4.67 Å². The molecule has 0 radical (unpaired) electrons. The zero-order valence-electron chi connectivity index (χ0n) is 19.6. The molecule has 224 valence electrons. The van der Waals surface area contributed by atoms with Crippen LogP contribution >= 0.6 is 15.4 Å². The molecule has 1 aromatic heterocycles. The van der Waals surface area contributed by atoms with Crippen LogP contribution in [0.1, 0.15) is 13.2 Å². The van der Waals surface area contributed by atoms with Crippen LogP contribution in [0.15, 0.2) is 21.9 Å². The van der Waals surface area contributed by atoms with Crippen molar-refractivity contribution in [1.82, 2.24) is 9.55 Å². The summed E-state index contributed by atoms with van der Waals surface area (Å²) in [6, 6.07) is 0.818. The second-order valence-corrected chi connectivity index (χ2v) is 11.6. The Labute approximate surface area is 216 Å². The molecule has 0 amide bonds. The SMILES string of the molecule is CCO[C@]1(O)[C@@H](O)[C@H](O)[C@@H](CO)O[C@@]1(O)OOP(=O)(O)OP(=O)(O)C1OC(n2ccc(=O)[nH]c2=O)C(O)C1O. The third-order valence-corrected chi connectivity index (χ3v) is 8.63. The van der Waals surface area contributed by atoms with E-state index in [1.807, 2.05) is 0 Å². The van der Waals surface area contributed by atoms with Crippen LogP contribution in [0.25, 0.3) is 0 Å². The fourth-order valence-corrected chi connectivity index (χ4v) is 6.38. The van der Waals surface area contributed by atoms with Crippen LogP contribution in [-0.2, 0) is 37.2 Å². The van der Waals surface area contributed by atoms with Crippen LogP contribution in [0.2, 0.25) is 0 Å². The number of nitrogens with one attached hydrogen (secondary N) is 1. The first-order chi connectivity index (χ1) is 17.9. The fourth-order valence-electron chi connectivity index (χ4n) is 3.68. The highest BCUT2D eigenvalue weighted by molar-refractivity contribution is 7.64. The predicted molar refractivity (Wildman–Crippen MR) is 116 cm³/mol. The standard InChI is InChI=1S/C16H26N2O19P2/c1-2-32-15(26)11(24)8(21)6(5-19)34-16(15,27)35-36-39(30,31)37-38(28,29)13-10(23)9(22)12(33-13)18-4-3-7(20)17-14(18)25/h3-4,6,8-13,19,21-24,26-27H,2,5H2,1H3,(H,28,29)(H,30,31)(H,17,20,25)/t6-,8-,9?,10?,11+,12?,13?,15-,16-/m1/s1. The molecule has 21 nitrogen and oxygen atoms in total. The van der Waals surface area contributed by atoms with Crippen molar-refractivity contribution in [3.63, 3.8) is 0 Å². The summed E-state index contributed by atoms with van der Waals surface area (Å²) in [4.78, 5) is 49.3. The fraction of sp³-hybridized carbons (Fsp3) is 0.750. The molecule has 2 aliphatic heterocycles. The van der Waals surface area contributed by atoms with E-state index in [-0.39, 0.29) is 0 Å². The van der Waals surface area contributed by atoms with E-state index in [0.29, 0.717) is 4.57 Å². The van der Waals surface area contributed by atoms with Gasteiger partial charge in [0.25, 0.3) is 11.3 Å². The highest BCUT2D eigenvalue weighted by atomic mass is 31.3. The molecular weight excluding hydrogens is 586 g/mol. The number of aromatic amines is 1. The van der Waals surface area contributed by atoms with Gasteiger partial charge in [-0.25, -0.2) is 13.7 Å². The lowest BCUT2D eigenvalue weighted by Crippen LogP contribution is -2.74. The molecule has 2 fully saturated rings. The summed E-state index contributed by atoms with van der Waals surface area (Å²) in [5.74, 6) is -9.74. The average molecular weight is 612 g/mol. The van der Waals surface area contributed by atoms with Crippen LogP contribution in [-0.4, -0.2) is 116 Å². The molecule has 23 heteroatoms. The van der Waals surface area contributed by atoms with E-state index in [1.54, 1.807) is 4.98 Å². The summed E-state index contributed by atoms with van der Waals surface area (Å²) in [7, 11) is -11.7. The first-order valence-electron chi connectivity index (χ1n) is 10.7. The number of nitrogens with zero attached hydrogens (tertiary/aromatic N) is 1. The Morgan fingerprint density at radius 2 is 1.74 bits per heavy atom. The Morgan fingerprint density at radius 1 is 1.10 bits per heavy atom. The highest BCUT2D eigenvalue weighted by Crippen LogP contribution is 2.65. The van der Waals surface area contributed by atoms with E-state index >= 15 is 0 Å². The van der Waals surface area contributed by atoms with Gasteiger partial charge in [0, 0.05) is 18.9 Å². The lowest BCUT2D eigenvalue weighted by molar-refractivity contribution is -0.580. The van der Waals surface area contributed by atoms with Gasteiger partial charge in [0.05, 0.1) is 6.61 Å². The predicted octanol–water partition coefficient (Wildman–Crippen LogP) is -5.15. The summed E-state index contributed by atoms with van der Waals surface area (Å²) >= 11 is 0. The Morgan fingerprint density at radius 3 is 2.31 bits per heavy atom. The van der Waals surface area contributed by atoms with Crippen molar-refractivity contribution in [3.8, 4) is 0 Å². The molecule has 0 saturated carbocycles. The van der Waals surface area contributed by atoms with Crippen molar-refractivity contribution in [3.05, 3.63) is 33.1 Å². The summed E-state index contributed by atoms with van der Waals surface area (Å²) in [5, 5.41) is 70.8. The second-order valence-electron chi connectivity index (χ2n) is 8.17. The van der Waals surface area contributed by atoms with Crippen LogP contribution in [0.3, 0.4) is 0 Å². The molecule has 3 heterocycles. The molecule has 11 atom stereocenters. The zero-order chi connectivity index (χ0) is 29.6. The Bertz CT molecular complexity index is 1240. The van der Waals surface area contributed by atoms with Gasteiger partial charge in [-0.2, -0.15) is 4.89 Å². The topological polar surface area (TPSA) is 326 Å². The quantitative estimate of drug-likeness (QED) is 0.0511. The molecule has 10 N–H and O–H groups in total. The van der Waals surface area contributed by atoms with Crippen molar-refractivity contribution >= 4 is 15.4 Å². The van der Waals surface area contributed by atoms with Crippen LogP contribution in [0.4, 0.5) is 0 Å². The van der Waals surface area contributed by atoms with E-state index < -0.39 is 94.2 Å². The number of phosphoric acid groups is 1. The van der Waals surface area contributed by atoms with E-state index in [1.165, 1.54) is 6.92 Å². The van der Waals surface area contributed by atoms with Crippen LogP contribution in [0, 0.1) is 0 Å². The molecule has 0 bridgehead atoms. The van der Waals surface area contributed by atoms with Crippen molar-refractivity contribution < 1.29 is 82.7 Å². The van der Waals surface area contributed by atoms with E-state index in [4.69, 9.17) is 14.2 Å². The summed E-state index contributed by atoms with van der Waals surface area (Å²) < 4.78 is 48.1. The second kappa shape index (κ2) is 11.4. The molecular formula is C16H26N2O19P2. The molecule has 3 rings (SSSR count).